The van der Waals surface area contributed by atoms with Crippen molar-refractivity contribution in [1.29, 1.82) is 0 Å². The van der Waals surface area contributed by atoms with E-state index in [0.717, 1.165) is 30.2 Å². The minimum atomic E-state index is -0.493. The quantitative estimate of drug-likeness (QED) is 0.834. The van der Waals surface area contributed by atoms with Crippen LogP contribution in [-0.4, -0.2) is 40.8 Å². The molecule has 2 atom stereocenters. The average molecular weight is 383 g/mol. The second kappa shape index (κ2) is 7.40. The molecule has 2 rings (SSSR count). The van der Waals surface area contributed by atoms with Crippen LogP contribution in [0.2, 0.25) is 0 Å². The van der Waals surface area contributed by atoms with Crippen LogP contribution >= 0.6 is 15.9 Å². The van der Waals surface area contributed by atoms with E-state index in [1.807, 2.05) is 6.92 Å². The summed E-state index contributed by atoms with van der Waals surface area (Å²) in [6.45, 7) is 1.91. The van der Waals surface area contributed by atoms with Crippen LogP contribution in [0.3, 0.4) is 0 Å². The third-order valence-electron chi connectivity index (χ3n) is 4.30. The van der Waals surface area contributed by atoms with Crippen molar-refractivity contribution in [2.75, 3.05) is 18.9 Å². The van der Waals surface area contributed by atoms with Gasteiger partial charge in [0.2, 0.25) is 11.8 Å². The Bertz CT molecular complexity index is 574. The number of rotatable bonds is 4. The molecule has 3 N–H and O–H groups in total. The van der Waals surface area contributed by atoms with E-state index in [-0.39, 0.29) is 24.3 Å². The Labute approximate surface area is 144 Å². The van der Waals surface area contributed by atoms with E-state index >= 15 is 0 Å². The molecule has 1 aliphatic rings. The molecule has 0 radical (unpaired) electrons. The summed E-state index contributed by atoms with van der Waals surface area (Å²) in [6.07, 6.45) is 5.28. The first-order valence-corrected chi connectivity index (χ1v) is 8.54. The number of carbonyl (C=O) groups is 2. The van der Waals surface area contributed by atoms with Crippen molar-refractivity contribution in [2.24, 2.45) is 11.7 Å². The Morgan fingerprint density at radius 3 is 2.83 bits per heavy atom. The van der Waals surface area contributed by atoms with Crippen molar-refractivity contribution in [3.63, 3.8) is 0 Å². The number of hydrogen-bond acceptors (Lipinski definition) is 4. The molecule has 0 spiro atoms. The lowest BCUT2D eigenvalue weighted by Gasteiger charge is -2.39. The normalized spacial score (nSPS) is 24.1. The molecule has 1 aliphatic carbocycles. The molecule has 126 valence electrons. The summed E-state index contributed by atoms with van der Waals surface area (Å²) in [5, 5.41) is 2.68. The molecular formula is C16H23BrN4O2. The Kier molecular flexibility index (Phi) is 5.75. The van der Waals surface area contributed by atoms with Gasteiger partial charge < -0.3 is 16.0 Å². The number of halogens is 1. The maximum atomic E-state index is 12.6. The zero-order valence-corrected chi connectivity index (χ0v) is 15.1. The van der Waals surface area contributed by atoms with E-state index in [2.05, 4.69) is 26.2 Å². The van der Waals surface area contributed by atoms with Crippen molar-refractivity contribution >= 4 is 33.6 Å². The third kappa shape index (κ3) is 4.75. The first-order chi connectivity index (χ1) is 10.8. The Hall–Kier alpha value is -1.47. The van der Waals surface area contributed by atoms with Crippen LogP contribution in [-0.2, 0) is 9.59 Å². The van der Waals surface area contributed by atoms with Crippen molar-refractivity contribution in [1.82, 2.24) is 9.88 Å². The molecule has 23 heavy (non-hydrogen) atoms. The molecule has 1 fully saturated rings. The van der Waals surface area contributed by atoms with Gasteiger partial charge in [0.15, 0.2) is 0 Å². The number of amides is 2. The van der Waals surface area contributed by atoms with Gasteiger partial charge in [0.25, 0.3) is 0 Å². The summed E-state index contributed by atoms with van der Waals surface area (Å²) < 4.78 is 0.835. The monoisotopic (exact) mass is 382 g/mol. The molecule has 0 bridgehead atoms. The smallest absolute Gasteiger partial charge is 0.245 e. The van der Waals surface area contributed by atoms with E-state index in [9.17, 15) is 9.59 Å². The maximum absolute atomic E-state index is 12.6. The molecule has 1 aromatic rings. The summed E-state index contributed by atoms with van der Waals surface area (Å²) in [4.78, 5) is 30.2. The van der Waals surface area contributed by atoms with Gasteiger partial charge in [-0.1, -0.05) is 12.8 Å². The first-order valence-electron chi connectivity index (χ1n) is 7.75. The highest BCUT2D eigenvalue weighted by molar-refractivity contribution is 9.10. The molecule has 2 amide bonds. The summed E-state index contributed by atoms with van der Waals surface area (Å²) in [7, 11) is 1.64. The van der Waals surface area contributed by atoms with Crippen molar-refractivity contribution in [2.45, 2.75) is 38.1 Å². The summed E-state index contributed by atoms with van der Waals surface area (Å²) in [5.41, 5.74) is 5.77. The predicted molar refractivity (Wildman–Crippen MR) is 92.8 cm³/mol. The van der Waals surface area contributed by atoms with Gasteiger partial charge in [0, 0.05) is 23.3 Å². The van der Waals surface area contributed by atoms with Gasteiger partial charge in [-0.3, -0.25) is 9.59 Å². The second-order valence-electron chi connectivity index (χ2n) is 6.41. The predicted octanol–water partition coefficient (Wildman–Crippen LogP) is 2.15. The van der Waals surface area contributed by atoms with Crippen LogP contribution in [0.15, 0.2) is 22.8 Å². The molecule has 1 saturated carbocycles. The summed E-state index contributed by atoms with van der Waals surface area (Å²) in [5.74, 6) is -0.0981. The lowest BCUT2D eigenvalue weighted by molar-refractivity contribution is -0.139. The van der Waals surface area contributed by atoms with E-state index in [1.54, 1.807) is 25.4 Å². The zero-order chi connectivity index (χ0) is 17.0. The highest BCUT2D eigenvalue weighted by atomic mass is 79.9. The number of nitrogens with two attached hydrogens (primary N) is 1. The number of anilines is 1. The van der Waals surface area contributed by atoms with E-state index in [1.165, 1.54) is 4.90 Å². The lowest BCUT2D eigenvalue weighted by atomic mass is 9.74. The van der Waals surface area contributed by atoms with Crippen molar-refractivity contribution in [3.8, 4) is 0 Å². The minimum absolute atomic E-state index is 0.0108. The maximum Gasteiger partial charge on any atom is 0.245 e. The van der Waals surface area contributed by atoms with Crippen molar-refractivity contribution < 1.29 is 9.59 Å². The SMILES string of the molecule is CN(CC(=O)Nc1ccc(Br)cn1)C(=O)C1CCCCC1(C)N. The minimum Gasteiger partial charge on any atom is -0.336 e. The standard InChI is InChI=1S/C16H23BrN4O2/c1-16(18)8-4-3-5-12(16)15(23)21(2)10-14(22)20-13-7-6-11(17)9-19-13/h6-7,9,12H,3-5,8,10,18H2,1-2H3,(H,19,20,22). The number of pyridine rings is 1. The van der Waals surface area contributed by atoms with Gasteiger partial charge in [-0.2, -0.15) is 0 Å². The van der Waals surface area contributed by atoms with Crippen LogP contribution in [0.4, 0.5) is 5.82 Å². The highest BCUT2D eigenvalue weighted by Crippen LogP contribution is 2.32. The Balaban J connectivity index is 1.92. The zero-order valence-electron chi connectivity index (χ0n) is 13.5. The van der Waals surface area contributed by atoms with Crippen LogP contribution < -0.4 is 11.1 Å². The Morgan fingerprint density at radius 1 is 1.48 bits per heavy atom. The summed E-state index contributed by atoms with van der Waals surface area (Å²) in [6, 6.07) is 3.49. The highest BCUT2D eigenvalue weighted by Gasteiger charge is 2.39. The van der Waals surface area contributed by atoms with Crippen LogP contribution in [0.5, 0.6) is 0 Å². The number of nitrogens with zero attached hydrogens (tertiary/aromatic N) is 2. The summed E-state index contributed by atoms with van der Waals surface area (Å²) >= 11 is 3.29. The van der Waals surface area contributed by atoms with Gasteiger partial charge >= 0.3 is 0 Å². The molecule has 1 aromatic heterocycles. The lowest BCUT2D eigenvalue weighted by Crippen LogP contribution is -2.53. The number of likely N-dealkylation sites (N-methyl/N-ethyl adjacent to an activating group) is 1. The Morgan fingerprint density at radius 2 is 2.22 bits per heavy atom. The number of carbonyl (C=O) groups excluding carboxylic acids is 2. The fraction of sp³-hybridized carbons (Fsp3) is 0.562. The van der Waals surface area contributed by atoms with Gasteiger partial charge in [-0.05, 0) is 47.8 Å². The fourth-order valence-corrected chi connectivity index (χ4v) is 3.19. The van der Waals surface area contributed by atoms with Crippen molar-refractivity contribution in [3.05, 3.63) is 22.8 Å². The van der Waals surface area contributed by atoms with Crippen LogP contribution in [0.25, 0.3) is 0 Å². The van der Waals surface area contributed by atoms with Gasteiger partial charge in [-0.25, -0.2) is 4.98 Å². The van der Waals surface area contributed by atoms with Gasteiger partial charge in [0.1, 0.15) is 5.82 Å². The number of hydrogen-bond donors (Lipinski definition) is 2. The van der Waals surface area contributed by atoms with E-state index in [0.29, 0.717) is 5.82 Å². The number of nitrogens with one attached hydrogen (secondary N) is 1. The third-order valence-corrected chi connectivity index (χ3v) is 4.77. The molecular weight excluding hydrogens is 360 g/mol. The largest absolute Gasteiger partial charge is 0.336 e. The molecule has 2 unspecified atom stereocenters. The molecule has 7 heteroatoms. The molecule has 1 heterocycles. The van der Waals surface area contributed by atoms with E-state index in [4.69, 9.17) is 5.73 Å². The molecule has 6 nitrogen and oxygen atoms in total. The topological polar surface area (TPSA) is 88.3 Å². The molecule has 0 aromatic carbocycles. The molecule has 0 aliphatic heterocycles. The second-order valence-corrected chi connectivity index (χ2v) is 7.32. The number of aromatic nitrogens is 1. The van der Waals surface area contributed by atoms with Gasteiger partial charge in [0.05, 0.1) is 12.5 Å². The fourth-order valence-electron chi connectivity index (χ4n) is 2.96. The van der Waals surface area contributed by atoms with Crippen LogP contribution in [0.1, 0.15) is 32.6 Å². The average Bonchev–Trinajstić information content (AvgIpc) is 2.48. The van der Waals surface area contributed by atoms with Gasteiger partial charge in [-0.15, -0.1) is 0 Å². The molecule has 0 saturated heterocycles. The van der Waals surface area contributed by atoms with Crippen LogP contribution in [0, 0.1) is 5.92 Å². The van der Waals surface area contributed by atoms with E-state index < -0.39 is 5.54 Å². The first kappa shape index (κ1) is 17.9.